The van der Waals surface area contributed by atoms with Crippen molar-refractivity contribution in [1.29, 1.82) is 0 Å². The minimum absolute atomic E-state index is 0.250. The molecule has 106 valence electrons. The third-order valence-electron chi connectivity index (χ3n) is 3.12. The Labute approximate surface area is 126 Å². The largest absolute Gasteiger partial charge is 0.325 e. The Hall–Kier alpha value is -2.24. The molecule has 3 rings (SSSR count). The van der Waals surface area contributed by atoms with E-state index in [9.17, 15) is 4.39 Å². The molecule has 3 aromatic rings. The molecule has 6 heteroatoms. The van der Waals surface area contributed by atoms with E-state index in [2.05, 4.69) is 10.3 Å². The van der Waals surface area contributed by atoms with Crippen molar-refractivity contribution in [3.8, 4) is 16.9 Å². The van der Waals surface area contributed by atoms with Crippen molar-refractivity contribution in [3.63, 3.8) is 0 Å². The third-order valence-corrected chi connectivity index (χ3v) is 3.37. The molecule has 21 heavy (non-hydrogen) atoms. The van der Waals surface area contributed by atoms with E-state index in [1.165, 1.54) is 12.1 Å². The number of rotatable bonds is 3. The second-order valence-electron chi connectivity index (χ2n) is 4.48. The van der Waals surface area contributed by atoms with E-state index in [0.29, 0.717) is 10.7 Å². The highest BCUT2D eigenvalue weighted by Gasteiger charge is 2.15. The van der Waals surface area contributed by atoms with E-state index in [-0.39, 0.29) is 12.4 Å². The van der Waals surface area contributed by atoms with Gasteiger partial charge >= 0.3 is 0 Å². The van der Waals surface area contributed by atoms with Gasteiger partial charge in [0.2, 0.25) is 0 Å². The molecule has 0 aliphatic carbocycles. The van der Waals surface area contributed by atoms with Crippen LogP contribution in [0.1, 0.15) is 5.69 Å². The Bertz CT molecular complexity index is 750. The molecular formula is C15H12ClFN4. The van der Waals surface area contributed by atoms with Gasteiger partial charge in [0.1, 0.15) is 11.5 Å². The van der Waals surface area contributed by atoms with Gasteiger partial charge < -0.3 is 5.73 Å². The van der Waals surface area contributed by atoms with E-state index in [4.69, 9.17) is 17.3 Å². The average Bonchev–Trinajstić information content (AvgIpc) is 2.93. The maximum atomic E-state index is 13.1. The van der Waals surface area contributed by atoms with Crippen LogP contribution in [-0.4, -0.2) is 15.0 Å². The highest BCUT2D eigenvalue weighted by molar-refractivity contribution is 6.30. The Balaban J connectivity index is 2.16. The van der Waals surface area contributed by atoms with Crippen molar-refractivity contribution in [2.45, 2.75) is 6.54 Å². The number of nitrogens with zero attached hydrogens (tertiary/aromatic N) is 3. The first-order valence-electron chi connectivity index (χ1n) is 6.35. The molecule has 0 fully saturated rings. The van der Waals surface area contributed by atoms with Gasteiger partial charge in [0.25, 0.3) is 0 Å². The van der Waals surface area contributed by atoms with Crippen LogP contribution in [0.4, 0.5) is 4.39 Å². The van der Waals surface area contributed by atoms with Crippen molar-refractivity contribution < 1.29 is 4.39 Å². The number of hydrogen-bond donors (Lipinski definition) is 1. The third kappa shape index (κ3) is 2.66. The molecule has 2 N–H and O–H groups in total. The zero-order valence-corrected chi connectivity index (χ0v) is 11.8. The topological polar surface area (TPSA) is 56.7 Å². The van der Waals surface area contributed by atoms with Gasteiger partial charge in [-0.1, -0.05) is 16.8 Å². The van der Waals surface area contributed by atoms with Crippen molar-refractivity contribution in [2.24, 2.45) is 5.73 Å². The van der Waals surface area contributed by atoms with Crippen molar-refractivity contribution in [2.75, 3.05) is 0 Å². The molecule has 2 aromatic carbocycles. The molecule has 0 aliphatic rings. The van der Waals surface area contributed by atoms with Crippen LogP contribution in [0.25, 0.3) is 16.9 Å². The van der Waals surface area contributed by atoms with Crippen LogP contribution in [0.2, 0.25) is 5.02 Å². The molecule has 4 nitrogen and oxygen atoms in total. The second-order valence-corrected chi connectivity index (χ2v) is 4.92. The van der Waals surface area contributed by atoms with Gasteiger partial charge in [-0.3, -0.25) is 0 Å². The first-order valence-corrected chi connectivity index (χ1v) is 6.73. The summed E-state index contributed by atoms with van der Waals surface area (Å²) in [5.74, 6) is -0.293. The summed E-state index contributed by atoms with van der Waals surface area (Å²) < 4.78 is 14.8. The average molecular weight is 303 g/mol. The van der Waals surface area contributed by atoms with Crippen molar-refractivity contribution in [3.05, 3.63) is 65.1 Å². The normalized spacial score (nSPS) is 10.8. The summed E-state index contributed by atoms with van der Waals surface area (Å²) in [4.78, 5) is 0. The van der Waals surface area contributed by atoms with Gasteiger partial charge in [-0.2, -0.15) is 0 Å². The Morgan fingerprint density at radius 2 is 1.71 bits per heavy atom. The maximum Gasteiger partial charge on any atom is 0.123 e. The van der Waals surface area contributed by atoms with Gasteiger partial charge in [0.15, 0.2) is 0 Å². The molecule has 0 saturated carbocycles. The summed E-state index contributed by atoms with van der Waals surface area (Å²) in [5.41, 5.74) is 8.74. The van der Waals surface area contributed by atoms with E-state index in [0.717, 1.165) is 16.9 Å². The fourth-order valence-electron chi connectivity index (χ4n) is 2.11. The lowest BCUT2D eigenvalue weighted by Gasteiger charge is -2.08. The van der Waals surface area contributed by atoms with Crippen molar-refractivity contribution in [1.82, 2.24) is 15.0 Å². The summed E-state index contributed by atoms with van der Waals surface area (Å²) in [6.45, 7) is 0.250. The summed E-state index contributed by atoms with van der Waals surface area (Å²) >= 11 is 5.90. The number of hydrogen-bond acceptors (Lipinski definition) is 3. The predicted octanol–water partition coefficient (Wildman–Crippen LogP) is 3.19. The number of halogens is 2. The highest BCUT2D eigenvalue weighted by Crippen LogP contribution is 2.25. The molecule has 0 atom stereocenters. The van der Waals surface area contributed by atoms with Gasteiger partial charge in [-0.05, 0) is 48.5 Å². The quantitative estimate of drug-likeness (QED) is 0.808. The molecule has 0 aliphatic heterocycles. The molecule has 1 heterocycles. The van der Waals surface area contributed by atoms with E-state index in [1.807, 2.05) is 12.1 Å². The smallest absolute Gasteiger partial charge is 0.123 e. The Kier molecular flexibility index (Phi) is 3.68. The maximum absolute atomic E-state index is 13.1. The van der Waals surface area contributed by atoms with Crippen LogP contribution in [0.3, 0.4) is 0 Å². The fourth-order valence-corrected chi connectivity index (χ4v) is 2.24. The standard InChI is InChI=1S/C15H12ClFN4/c16-11-3-7-13(8-4-11)21-15(14(9-18)19-20-21)10-1-5-12(17)6-2-10/h1-8H,9,18H2. The van der Waals surface area contributed by atoms with Crippen LogP contribution >= 0.6 is 11.6 Å². The van der Waals surface area contributed by atoms with Crippen LogP contribution in [0, 0.1) is 5.82 Å². The molecule has 0 bridgehead atoms. The van der Waals surface area contributed by atoms with Gasteiger partial charge in [0.05, 0.1) is 11.4 Å². The molecule has 0 unspecified atom stereocenters. The van der Waals surface area contributed by atoms with E-state index < -0.39 is 0 Å². The highest BCUT2D eigenvalue weighted by atomic mass is 35.5. The molecule has 1 aromatic heterocycles. The lowest BCUT2D eigenvalue weighted by atomic mass is 10.1. The predicted molar refractivity (Wildman–Crippen MR) is 79.7 cm³/mol. The zero-order valence-electron chi connectivity index (χ0n) is 11.0. The molecular weight excluding hydrogens is 291 g/mol. The number of nitrogens with two attached hydrogens (primary N) is 1. The van der Waals surface area contributed by atoms with Crippen LogP contribution in [-0.2, 0) is 6.54 Å². The lowest BCUT2D eigenvalue weighted by molar-refractivity contribution is 0.628. The molecule has 0 spiro atoms. The van der Waals surface area contributed by atoms with Crippen molar-refractivity contribution >= 4 is 11.6 Å². The van der Waals surface area contributed by atoms with Gasteiger partial charge in [-0.15, -0.1) is 5.10 Å². The monoisotopic (exact) mass is 302 g/mol. The summed E-state index contributed by atoms with van der Waals surface area (Å²) in [6.07, 6.45) is 0. The first kappa shape index (κ1) is 13.7. The van der Waals surface area contributed by atoms with E-state index >= 15 is 0 Å². The number of aromatic nitrogens is 3. The van der Waals surface area contributed by atoms with Gasteiger partial charge in [0, 0.05) is 17.1 Å². The van der Waals surface area contributed by atoms with Crippen LogP contribution in [0.5, 0.6) is 0 Å². The second kappa shape index (κ2) is 5.63. The summed E-state index contributed by atoms with van der Waals surface area (Å²) in [5, 5.41) is 8.87. The van der Waals surface area contributed by atoms with Crippen LogP contribution in [0.15, 0.2) is 48.5 Å². The van der Waals surface area contributed by atoms with Crippen LogP contribution < -0.4 is 5.73 Å². The molecule has 0 saturated heterocycles. The van der Waals surface area contributed by atoms with Gasteiger partial charge in [-0.25, -0.2) is 9.07 Å². The SMILES string of the molecule is NCc1nnn(-c2ccc(Cl)cc2)c1-c1ccc(F)cc1. The summed E-state index contributed by atoms with van der Waals surface area (Å²) in [6, 6.07) is 13.4. The molecule has 0 radical (unpaired) electrons. The number of benzene rings is 2. The Morgan fingerprint density at radius 3 is 2.33 bits per heavy atom. The first-order chi connectivity index (χ1) is 10.2. The fraction of sp³-hybridized carbons (Fsp3) is 0.0667. The zero-order chi connectivity index (χ0) is 14.8. The minimum Gasteiger partial charge on any atom is -0.325 e. The lowest BCUT2D eigenvalue weighted by Crippen LogP contribution is -2.02. The van der Waals surface area contributed by atoms with E-state index in [1.54, 1.807) is 28.9 Å². The molecule has 0 amide bonds. The summed E-state index contributed by atoms with van der Waals surface area (Å²) in [7, 11) is 0. The Morgan fingerprint density at radius 1 is 1.05 bits per heavy atom. The minimum atomic E-state index is -0.293.